The van der Waals surface area contributed by atoms with Gasteiger partial charge in [0.25, 0.3) is 0 Å². The Hall–Kier alpha value is -1.35. The molecule has 1 aliphatic heterocycles. The summed E-state index contributed by atoms with van der Waals surface area (Å²) in [4.78, 5) is 11.7. The van der Waals surface area contributed by atoms with E-state index in [1.54, 1.807) is 0 Å². The molecule has 1 saturated heterocycles. The fourth-order valence-corrected chi connectivity index (χ4v) is 3.92. The van der Waals surface area contributed by atoms with Gasteiger partial charge in [-0.1, -0.05) is 17.7 Å². The van der Waals surface area contributed by atoms with Crippen molar-refractivity contribution in [3.63, 3.8) is 0 Å². The molecule has 0 spiro atoms. The molecule has 0 aromatic heterocycles. The highest BCUT2D eigenvalue weighted by Gasteiger charge is 2.69. The number of carboxylic acids is 1. The Labute approximate surface area is 113 Å². The second-order valence-electron chi connectivity index (χ2n) is 6.24. The molecule has 3 rings (SSSR count). The van der Waals surface area contributed by atoms with Crippen molar-refractivity contribution in [2.24, 2.45) is 5.41 Å². The molecule has 1 heterocycles. The summed E-state index contributed by atoms with van der Waals surface area (Å²) in [6, 6.07) is 4.31. The van der Waals surface area contributed by atoms with Crippen molar-refractivity contribution >= 4 is 5.97 Å². The van der Waals surface area contributed by atoms with Gasteiger partial charge in [0.15, 0.2) is 0 Å². The number of rotatable bonds is 3. The third kappa shape index (κ3) is 1.51. The first-order valence-corrected chi connectivity index (χ1v) is 6.82. The number of carbonyl (C=O) groups is 1. The van der Waals surface area contributed by atoms with Crippen LogP contribution in [0.25, 0.3) is 0 Å². The van der Waals surface area contributed by atoms with Crippen molar-refractivity contribution < 1.29 is 14.6 Å². The molecule has 2 aliphatic rings. The summed E-state index contributed by atoms with van der Waals surface area (Å²) in [5.41, 5.74) is 3.96. The van der Waals surface area contributed by atoms with Crippen LogP contribution in [-0.2, 0) is 14.9 Å². The van der Waals surface area contributed by atoms with E-state index in [-0.39, 0.29) is 5.41 Å². The van der Waals surface area contributed by atoms with Crippen LogP contribution < -0.4 is 0 Å². The Morgan fingerprint density at radius 2 is 1.68 bits per heavy atom. The second-order valence-corrected chi connectivity index (χ2v) is 6.24. The lowest BCUT2D eigenvalue weighted by Gasteiger charge is -2.48. The molecule has 3 heteroatoms. The molecule has 19 heavy (non-hydrogen) atoms. The molecule has 3 nitrogen and oxygen atoms in total. The highest BCUT2D eigenvalue weighted by Crippen LogP contribution is 2.63. The number of benzene rings is 1. The van der Waals surface area contributed by atoms with Crippen molar-refractivity contribution in [2.45, 2.75) is 39.0 Å². The van der Waals surface area contributed by atoms with E-state index in [1.165, 1.54) is 22.3 Å². The van der Waals surface area contributed by atoms with Gasteiger partial charge in [0.05, 0.1) is 24.0 Å². The molecule has 1 aliphatic carbocycles. The van der Waals surface area contributed by atoms with Crippen LogP contribution in [0.4, 0.5) is 0 Å². The van der Waals surface area contributed by atoms with Crippen LogP contribution in [0.15, 0.2) is 12.1 Å². The zero-order chi connectivity index (χ0) is 13.8. The van der Waals surface area contributed by atoms with Gasteiger partial charge in [0, 0.05) is 0 Å². The van der Waals surface area contributed by atoms with E-state index in [0.29, 0.717) is 13.2 Å². The summed E-state index contributed by atoms with van der Waals surface area (Å²) in [6.07, 6.45) is 1.55. The highest BCUT2D eigenvalue weighted by atomic mass is 16.5. The van der Waals surface area contributed by atoms with Gasteiger partial charge in [0.1, 0.15) is 0 Å². The number of aryl methyl sites for hydroxylation is 3. The SMILES string of the molecule is Cc1cc(C)c(C2(C3(C(=O)O)CC3)COC2)c(C)c1. The summed E-state index contributed by atoms with van der Waals surface area (Å²) in [7, 11) is 0. The van der Waals surface area contributed by atoms with Crippen LogP contribution >= 0.6 is 0 Å². The molecule has 0 radical (unpaired) electrons. The predicted octanol–water partition coefficient (Wildman–Crippen LogP) is 2.74. The predicted molar refractivity (Wildman–Crippen MR) is 72.5 cm³/mol. The minimum absolute atomic E-state index is 0.305. The molecule has 102 valence electrons. The van der Waals surface area contributed by atoms with E-state index >= 15 is 0 Å². The van der Waals surface area contributed by atoms with Crippen molar-refractivity contribution in [1.82, 2.24) is 0 Å². The maximum atomic E-state index is 11.7. The van der Waals surface area contributed by atoms with Crippen molar-refractivity contribution in [2.75, 3.05) is 13.2 Å². The van der Waals surface area contributed by atoms with Crippen molar-refractivity contribution in [1.29, 1.82) is 0 Å². The Morgan fingerprint density at radius 3 is 2.00 bits per heavy atom. The van der Waals surface area contributed by atoms with Gasteiger partial charge in [-0.25, -0.2) is 0 Å². The lowest BCUT2D eigenvalue weighted by Crippen LogP contribution is -2.57. The van der Waals surface area contributed by atoms with Crippen LogP contribution in [-0.4, -0.2) is 24.3 Å². The first kappa shape index (κ1) is 12.7. The fourth-order valence-electron chi connectivity index (χ4n) is 3.92. The molecule has 1 N–H and O–H groups in total. The van der Waals surface area contributed by atoms with Gasteiger partial charge < -0.3 is 9.84 Å². The number of carboxylic acid groups (broad SMARTS) is 1. The Bertz CT molecular complexity index is 528. The van der Waals surface area contributed by atoms with E-state index < -0.39 is 11.4 Å². The minimum atomic E-state index is -0.657. The minimum Gasteiger partial charge on any atom is -0.481 e. The quantitative estimate of drug-likeness (QED) is 0.909. The lowest BCUT2D eigenvalue weighted by molar-refractivity contribution is -0.161. The largest absolute Gasteiger partial charge is 0.481 e. The molecule has 2 fully saturated rings. The van der Waals surface area contributed by atoms with E-state index in [4.69, 9.17) is 4.74 Å². The van der Waals surface area contributed by atoms with E-state index in [2.05, 4.69) is 32.9 Å². The first-order valence-electron chi connectivity index (χ1n) is 6.82. The third-order valence-corrected chi connectivity index (χ3v) is 4.93. The maximum absolute atomic E-state index is 11.7. The summed E-state index contributed by atoms with van der Waals surface area (Å²) in [5, 5.41) is 9.65. The Balaban J connectivity index is 2.17. The van der Waals surface area contributed by atoms with Gasteiger partial charge >= 0.3 is 5.97 Å². The number of aliphatic carboxylic acids is 1. The standard InChI is InChI=1S/C16H20O3/c1-10-6-11(2)13(12(3)7-10)16(8-19-9-16)15(4-5-15)14(17)18/h6-7H,4-5,8-9H2,1-3H3,(H,17,18). The summed E-state index contributed by atoms with van der Waals surface area (Å²) in [6.45, 7) is 7.35. The first-order chi connectivity index (χ1) is 8.93. The van der Waals surface area contributed by atoms with Crippen LogP contribution in [0.1, 0.15) is 35.1 Å². The molecular formula is C16H20O3. The Morgan fingerprint density at radius 1 is 1.16 bits per heavy atom. The second kappa shape index (κ2) is 3.83. The zero-order valence-corrected chi connectivity index (χ0v) is 11.7. The molecule has 0 bridgehead atoms. The molecule has 1 aromatic rings. The molecule has 1 saturated carbocycles. The third-order valence-electron chi connectivity index (χ3n) is 4.93. The van der Waals surface area contributed by atoms with Gasteiger partial charge in [-0.05, 0) is 50.3 Å². The van der Waals surface area contributed by atoms with E-state index in [0.717, 1.165) is 12.8 Å². The molecule has 1 aromatic carbocycles. The average molecular weight is 260 g/mol. The van der Waals surface area contributed by atoms with E-state index in [9.17, 15) is 9.90 Å². The number of hydrogen-bond donors (Lipinski definition) is 1. The molecule has 0 amide bonds. The van der Waals surface area contributed by atoms with Crippen molar-refractivity contribution in [3.05, 3.63) is 34.4 Å². The number of hydrogen-bond acceptors (Lipinski definition) is 2. The van der Waals surface area contributed by atoms with Gasteiger partial charge in [0.2, 0.25) is 0 Å². The van der Waals surface area contributed by atoms with Gasteiger partial charge in [-0.2, -0.15) is 0 Å². The smallest absolute Gasteiger partial charge is 0.310 e. The molecule has 0 unspecified atom stereocenters. The van der Waals surface area contributed by atoms with Crippen LogP contribution in [0.2, 0.25) is 0 Å². The lowest BCUT2D eigenvalue weighted by atomic mass is 9.63. The van der Waals surface area contributed by atoms with Crippen LogP contribution in [0.3, 0.4) is 0 Å². The highest BCUT2D eigenvalue weighted by molar-refractivity contribution is 5.81. The monoisotopic (exact) mass is 260 g/mol. The maximum Gasteiger partial charge on any atom is 0.310 e. The summed E-state index contributed by atoms with van der Waals surface area (Å²) < 4.78 is 5.45. The van der Waals surface area contributed by atoms with Crippen LogP contribution in [0, 0.1) is 26.2 Å². The van der Waals surface area contributed by atoms with Crippen LogP contribution in [0.5, 0.6) is 0 Å². The van der Waals surface area contributed by atoms with Crippen molar-refractivity contribution in [3.8, 4) is 0 Å². The van der Waals surface area contributed by atoms with Gasteiger partial charge in [-0.3, -0.25) is 4.79 Å². The van der Waals surface area contributed by atoms with E-state index in [1.807, 2.05) is 0 Å². The fraction of sp³-hybridized carbons (Fsp3) is 0.562. The zero-order valence-electron chi connectivity index (χ0n) is 11.7. The Kier molecular flexibility index (Phi) is 2.55. The van der Waals surface area contributed by atoms with Gasteiger partial charge in [-0.15, -0.1) is 0 Å². The number of ether oxygens (including phenoxy) is 1. The topological polar surface area (TPSA) is 46.5 Å². The molecule has 0 atom stereocenters. The normalized spacial score (nSPS) is 22.7. The molecular weight excluding hydrogens is 240 g/mol. The summed E-state index contributed by atoms with van der Waals surface area (Å²) >= 11 is 0. The summed E-state index contributed by atoms with van der Waals surface area (Å²) in [5.74, 6) is -0.657. The average Bonchev–Trinajstić information content (AvgIpc) is 3.01.